The highest BCUT2D eigenvalue weighted by atomic mass is 16.3. The lowest BCUT2D eigenvalue weighted by molar-refractivity contribution is 0.659. The predicted octanol–water partition coefficient (Wildman–Crippen LogP) is 14.0. The van der Waals surface area contributed by atoms with Crippen LogP contribution in [0.15, 0.2) is 211 Å². The highest BCUT2D eigenvalue weighted by Gasteiger charge is 2.22. The number of hydrogen-bond donors (Lipinski definition) is 0. The molecular weight excluding hydrogens is 645 g/mol. The highest BCUT2D eigenvalue weighted by molar-refractivity contribution is 6.09. The Hall–Kier alpha value is -7.10. The van der Waals surface area contributed by atoms with Crippen LogP contribution in [-0.2, 0) is 0 Å². The van der Waals surface area contributed by atoms with Crippen LogP contribution in [-0.4, -0.2) is 4.40 Å². The van der Waals surface area contributed by atoms with E-state index in [1.54, 1.807) is 0 Å². The van der Waals surface area contributed by atoms with Crippen LogP contribution in [0.5, 0.6) is 0 Å². The average Bonchev–Trinajstić information content (AvgIpc) is 3.77. The fourth-order valence-electron chi connectivity index (χ4n) is 7.68. The molecule has 0 aliphatic heterocycles. The van der Waals surface area contributed by atoms with Crippen molar-refractivity contribution in [2.45, 2.75) is 0 Å². The van der Waals surface area contributed by atoms with E-state index in [1.165, 1.54) is 16.5 Å². The molecule has 0 spiro atoms. The van der Waals surface area contributed by atoms with Gasteiger partial charge in [0.25, 0.3) is 0 Å². The van der Waals surface area contributed by atoms with Gasteiger partial charge in [-0.15, -0.1) is 0 Å². The molecule has 0 aliphatic carbocycles. The summed E-state index contributed by atoms with van der Waals surface area (Å²) in [5, 5.41) is 1.18. The number of rotatable bonds is 7. The summed E-state index contributed by atoms with van der Waals surface area (Å²) in [4.78, 5) is 2.29. The minimum absolute atomic E-state index is 0.860. The van der Waals surface area contributed by atoms with Crippen molar-refractivity contribution in [1.82, 2.24) is 4.40 Å². The molecule has 250 valence electrons. The Morgan fingerprint density at radius 1 is 0.358 bits per heavy atom. The van der Waals surface area contributed by atoms with Crippen molar-refractivity contribution in [3.05, 3.63) is 206 Å². The van der Waals surface area contributed by atoms with E-state index < -0.39 is 0 Å². The van der Waals surface area contributed by atoms with Gasteiger partial charge in [-0.05, 0) is 88.0 Å². The molecule has 0 saturated heterocycles. The van der Waals surface area contributed by atoms with Crippen molar-refractivity contribution in [2.24, 2.45) is 0 Å². The van der Waals surface area contributed by atoms with Crippen molar-refractivity contribution in [2.75, 3.05) is 4.90 Å². The summed E-state index contributed by atoms with van der Waals surface area (Å²) in [7, 11) is 0. The summed E-state index contributed by atoms with van der Waals surface area (Å²) < 4.78 is 9.22. The van der Waals surface area contributed by atoms with Crippen molar-refractivity contribution in [3.63, 3.8) is 0 Å². The van der Waals surface area contributed by atoms with Crippen molar-refractivity contribution in [1.29, 1.82) is 0 Å². The van der Waals surface area contributed by atoms with Gasteiger partial charge in [0.1, 0.15) is 0 Å². The molecule has 3 nitrogen and oxygen atoms in total. The number of nitrogens with zero attached hydrogens (tertiary/aromatic N) is 2. The Morgan fingerprint density at radius 3 is 1.43 bits per heavy atom. The third-order valence-corrected chi connectivity index (χ3v) is 10.2. The van der Waals surface area contributed by atoms with Gasteiger partial charge in [0.15, 0.2) is 5.58 Å². The maximum atomic E-state index is 6.92. The molecule has 0 amide bonds. The summed E-state index contributed by atoms with van der Waals surface area (Å²) in [5.74, 6) is 0. The predicted molar refractivity (Wildman–Crippen MR) is 221 cm³/mol. The quantitative estimate of drug-likeness (QED) is 0.167. The van der Waals surface area contributed by atoms with Gasteiger partial charge >= 0.3 is 0 Å². The number of oxazole rings is 1. The number of para-hydroxylation sites is 3. The van der Waals surface area contributed by atoms with Gasteiger partial charge in [0, 0.05) is 28.0 Å². The van der Waals surface area contributed by atoms with Crippen LogP contribution in [0.25, 0.3) is 72.2 Å². The van der Waals surface area contributed by atoms with Gasteiger partial charge in [-0.25, -0.2) is 0 Å². The minimum Gasteiger partial charge on any atom is -0.437 e. The van der Waals surface area contributed by atoms with Gasteiger partial charge in [-0.3, -0.25) is 4.40 Å². The third kappa shape index (κ3) is 5.38. The smallest absolute Gasteiger partial charge is 0.213 e. The van der Waals surface area contributed by atoms with Crippen LogP contribution in [0.3, 0.4) is 0 Å². The summed E-state index contributed by atoms with van der Waals surface area (Å²) in [5.41, 5.74) is 16.4. The lowest BCUT2D eigenvalue weighted by atomic mass is 9.96. The first-order valence-electron chi connectivity index (χ1n) is 18.0. The number of fused-ring (bicyclic) bond motifs is 5. The van der Waals surface area contributed by atoms with Gasteiger partial charge in [0.05, 0.1) is 16.6 Å². The maximum absolute atomic E-state index is 6.92. The summed E-state index contributed by atoms with van der Waals surface area (Å²) in [6.45, 7) is 0. The Labute approximate surface area is 308 Å². The van der Waals surface area contributed by atoms with Crippen LogP contribution >= 0.6 is 0 Å². The molecule has 0 atom stereocenters. The van der Waals surface area contributed by atoms with E-state index >= 15 is 0 Å². The van der Waals surface area contributed by atoms with Crippen molar-refractivity contribution < 1.29 is 4.42 Å². The molecule has 0 saturated carbocycles. The molecule has 0 aliphatic rings. The molecule has 8 aromatic carbocycles. The van der Waals surface area contributed by atoms with E-state index in [1.807, 2.05) is 0 Å². The minimum atomic E-state index is 0.860. The first-order valence-corrected chi connectivity index (χ1v) is 18.0. The van der Waals surface area contributed by atoms with E-state index in [2.05, 4.69) is 216 Å². The van der Waals surface area contributed by atoms with E-state index in [4.69, 9.17) is 4.42 Å². The Balaban J connectivity index is 1.07. The zero-order valence-corrected chi connectivity index (χ0v) is 28.9. The Bertz CT molecular complexity index is 2800. The largest absolute Gasteiger partial charge is 0.437 e. The van der Waals surface area contributed by atoms with Crippen molar-refractivity contribution in [3.8, 4) is 44.5 Å². The van der Waals surface area contributed by atoms with Crippen LogP contribution in [0.2, 0.25) is 0 Å². The van der Waals surface area contributed by atoms with E-state index in [0.29, 0.717) is 0 Å². The Morgan fingerprint density at radius 2 is 0.830 bits per heavy atom. The number of aromatic nitrogens is 1. The molecule has 0 radical (unpaired) electrons. The molecule has 0 bridgehead atoms. The second kappa shape index (κ2) is 12.9. The SMILES string of the molecule is c1ccc(-c2cc(-c3ccc(-c4ccc(N(c5ccccc5)c5ccccc5)cc4)cc3)cc3c2oc2c(-c4ccccc4)c4ccccc4n23)cc1. The zero-order chi connectivity index (χ0) is 35.1. The second-order valence-electron chi connectivity index (χ2n) is 13.4. The molecule has 0 N–H and O–H groups in total. The molecule has 2 aromatic heterocycles. The van der Waals surface area contributed by atoms with E-state index in [-0.39, 0.29) is 0 Å². The average molecular weight is 679 g/mol. The van der Waals surface area contributed by atoms with E-state index in [0.717, 1.165) is 72.8 Å². The summed E-state index contributed by atoms with van der Waals surface area (Å²) in [6.07, 6.45) is 0. The monoisotopic (exact) mass is 678 g/mol. The topological polar surface area (TPSA) is 20.8 Å². The number of hydrogen-bond acceptors (Lipinski definition) is 2. The number of benzene rings is 8. The molecule has 0 unspecified atom stereocenters. The molecule has 10 aromatic rings. The van der Waals surface area contributed by atoms with Gasteiger partial charge < -0.3 is 9.32 Å². The van der Waals surface area contributed by atoms with Crippen LogP contribution in [0.4, 0.5) is 17.1 Å². The fraction of sp³-hybridized carbons (Fsp3) is 0. The fourth-order valence-corrected chi connectivity index (χ4v) is 7.68. The molecule has 53 heavy (non-hydrogen) atoms. The first-order chi connectivity index (χ1) is 26.3. The first kappa shape index (κ1) is 30.7. The van der Waals surface area contributed by atoms with Gasteiger partial charge in [-0.2, -0.15) is 0 Å². The summed E-state index contributed by atoms with van der Waals surface area (Å²) in [6, 6.07) is 73.1. The molecule has 3 heteroatoms. The van der Waals surface area contributed by atoms with Crippen LogP contribution in [0.1, 0.15) is 0 Å². The van der Waals surface area contributed by atoms with Gasteiger partial charge in [-0.1, -0.05) is 152 Å². The third-order valence-electron chi connectivity index (χ3n) is 10.2. The lowest BCUT2D eigenvalue weighted by Gasteiger charge is -2.25. The summed E-state index contributed by atoms with van der Waals surface area (Å²) >= 11 is 0. The Kier molecular flexibility index (Phi) is 7.47. The standard InChI is InChI=1S/C50H34N2O/c1-5-15-38(16-6-1)45-33-40(34-47-49(45)53-50-48(39-17-7-2-8-18-39)44-23-13-14-24-46(44)52(47)50)37-27-25-35(26-28-37)36-29-31-43(32-30-36)51(41-19-9-3-10-20-41)42-21-11-4-12-22-42/h1-34H. The highest BCUT2D eigenvalue weighted by Crippen LogP contribution is 2.43. The zero-order valence-electron chi connectivity index (χ0n) is 28.9. The number of anilines is 3. The molecule has 2 heterocycles. The van der Waals surface area contributed by atoms with Crippen LogP contribution < -0.4 is 4.90 Å². The van der Waals surface area contributed by atoms with Gasteiger partial charge in [0.2, 0.25) is 5.71 Å². The molecule has 0 fully saturated rings. The second-order valence-corrected chi connectivity index (χ2v) is 13.4. The van der Waals surface area contributed by atoms with Crippen molar-refractivity contribution >= 4 is 44.8 Å². The molecule has 10 rings (SSSR count). The normalized spacial score (nSPS) is 11.4. The molecular formula is C50H34N2O. The lowest BCUT2D eigenvalue weighted by Crippen LogP contribution is -2.09. The van der Waals surface area contributed by atoms with E-state index in [9.17, 15) is 0 Å². The van der Waals surface area contributed by atoms with Crippen LogP contribution in [0, 0.1) is 0 Å². The maximum Gasteiger partial charge on any atom is 0.213 e.